The van der Waals surface area contributed by atoms with Gasteiger partial charge in [-0.25, -0.2) is 0 Å². The molecule has 0 atom stereocenters. The third kappa shape index (κ3) is 2.64. The topological polar surface area (TPSA) is 42.2 Å². The Morgan fingerprint density at radius 1 is 1.22 bits per heavy atom. The molecule has 3 nitrogen and oxygen atoms in total. The molecule has 0 saturated heterocycles. The number of carbonyl (C=O) groups excluding carboxylic acids is 1. The molecule has 0 aliphatic rings. The molecule has 0 aliphatic heterocycles. The second kappa shape index (κ2) is 5.22. The van der Waals surface area contributed by atoms with Gasteiger partial charge in [0.2, 0.25) is 5.22 Å². The number of benzene rings is 1. The minimum atomic E-state index is -0.407. The minimum Gasteiger partial charge on any atom is -0.452 e. The summed E-state index contributed by atoms with van der Waals surface area (Å²) in [5.74, 6) is -0.407. The second-order valence-electron chi connectivity index (χ2n) is 3.64. The normalized spacial score (nSPS) is 10.4. The number of carbonyl (C=O) groups is 1. The summed E-state index contributed by atoms with van der Waals surface area (Å²) in [5.41, 5.74) is 1.50. The van der Waals surface area contributed by atoms with Crippen LogP contribution in [-0.2, 0) is 0 Å². The van der Waals surface area contributed by atoms with Gasteiger partial charge in [0.1, 0.15) is 0 Å². The van der Waals surface area contributed by atoms with Gasteiger partial charge in [0, 0.05) is 5.02 Å². The Morgan fingerprint density at radius 3 is 2.56 bits per heavy atom. The van der Waals surface area contributed by atoms with Gasteiger partial charge in [0.15, 0.2) is 0 Å². The lowest BCUT2D eigenvalue weighted by Crippen LogP contribution is -2.11. The maximum absolute atomic E-state index is 11.9. The van der Waals surface area contributed by atoms with Gasteiger partial charge in [-0.3, -0.25) is 4.79 Å². The molecular weight excluding hydrogens is 296 g/mol. The van der Waals surface area contributed by atoms with E-state index in [1.54, 1.807) is 12.1 Å². The standard InChI is InChI=1S/C12H8Cl3NO2/c1-6-4-9(14)10(5-8(6)13)16-12(17)7-2-3-18-11(7)15/h2-5H,1H3,(H,16,17). The number of furan rings is 1. The number of aryl methyl sites for hydroxylation is 1. The van der Waals surface area contributed by atoms with Crippen LogP contribution >= 0.6 is 34.8 Å². The van der Waals surface area contributed by atoms with Crippen molar-refractivity contribution >= 4 is 46.4 Å². The Labute approximate surface area is 119 Å². The van der Waals surface area contributed by atoms with Gasteiger partial charge in [-0.15, -0.1) is 0 Å². The molecule has 0 aliphatic carbocycles. The fourth-order valence-corrected chi connectivity index (χ4v) is 2.02. The van der Waals surface area contributed by atoms with Crippen LogP contribution in [0.5, 0.6) is 0 Å². The van der Waals surface area contributed by atoms with E-state index in [0.29, 0.717) is 15.7 Å². The molecule has 18 heavy (non-hydrogen) atoms. The quantitative estimate of drug-likeness (QED) is 0.866. The molecule has 94 valence electrons. The molecule has 1 aromatic heterocycles. The van der Waals surface area contributed by atoms with Gasteiger partial charge < -0.3 is 9.73 Å². The van der Waals surface area contributed by atoms with Crippen molar-refractivity contribution in [3.8, 4) is 0 Å². The smallest absolute Gasteiger partial charge is 0.260 e. The predicted molar refractivity (Wildman–Crippen MR) is 72.9 cm³/mol. The third-order valence-electron chi connectivity index (χ3n) is 2.36. The first kappa shape index (κ1) is 13.3. The fourth-order valence-electron chi connectivity index (χ4n) is 1.39. The fraction of sp³-hybridized carbons (Fsp3) is 0.0833. The third-order valence-corrected chi connectivity index (χ3v) is 3.37. The summed E-state index contributed by atoms with van der Waals surface area (Å²) in [6.45, 7) is 1.83. The van der Waals surface area contributed by atoms with Gasteiger partial charge in [-0.2, -0.15) is 0 Å². The highest BCUT2D eigenvalue weighted by atomic mass is 35.5. The first-order valence-corrected chi connectivity index (χ1v) is 6.12. The summed E-state index contributed by atoms with van der Waals surface area (Å²) in [7, 11) is 0. The summed E-state index contributed by atoms with van der Waals surface area (Å²) >= 11 is 17.7. The summed E-state index contributed by atoms with van der Waals surface area (Å²) in [5, 5.41) is 3.58. The number of anilines is 1. The molecule has 1 heterocycles. The molecule has 1 amide bonds. The highest BCUT2D eigenvalue weighted by Gasteiger charge is 2.15. The van der Waals surface area contributed by atoms with Crippen LogP contribution in [0.1, 0.15) is 15.9 Å². The molecule has 0 fully saturated rings. The zero-order valence-electron chi connectivity index (χ0n) is 9.26. The molecule has 6 heteroatoms. The van der Waals surface area contributed by atoms with Gasteiger partial charge >= 0.3 is 0 Å². The van der Waals surface area contributed by atoms with E-state index in [1.165, 1.54) is 12.3 Å². The molecule has 1 aromatic carbocycles. The van der Waals surface area contributed by atoms with Gasteiger partial charge in [-0.05, 0) is 42.3 Å². The summed E-state index contributed by atoms with van der Waals surface area (Å²) in [6.07, 6.45) is 1.33. The van der Waals surface area contributed by atoms with Crippen LogP contribution in [0.2, 0.25) is 15.3 Å². The summed E-state index contributed by atoms with van der Waals surface area (Å²) < 4.78 is 4.84. The number of hydrogen-bond acceptors (Lipinski definition) is 2. The monoisotopic (exact) mass is 303 g/mol. The van der Waals surface area contributed by atoms with Crippen molar-refractivity contribution in [3.63, 3.8) is 0 Å². The van der Waals surface area contributed by atoms with Crippen molar-refractivity contribution in [1.82, 2.24) is 0 Å². The molecular formula is C12H8Cl3NO2. The lowest BCUT2D eigenvalue weighted by atomic mass is 10.2. The Hall–Kier alpha value is -1.16. The van der Waals surface area contributed by atoms with Crippen LogP contribution in [0.4, 0.5) is 5.69 Å². The SMILES string of the molecule is Cc1cc(Cl)c(NC(=O)c2ccoc2Cl)cc1Cl. The van der Waals surface area contributed by atoms with Crippen molar-refractivity contribution in [3.05, 3.63) is 50.9 Å². The van der Waals surface area contributed by atoms with Crippen LogP contribution in [0.25, 0.3) is 0 Å². The second-order valence-corrected chi connectivity index (χ2v) is 4.80. The van der Waals surface area contributed by atoms with E-state index in [4.69, 9.17) is 39.2 Å². The zero-order valence-corrected chi connectivity index (χ0v) is 11.5. The van der Waals surface area contributed by atoms with Crippen LogP contribution in [0.15, 0.2) is 28.9 Å². The van der Waals surface area contributed by atoms with Gasteiger partial charge in [0.25, 0.3) is 5.91 Å². The van der Waals surface area contributed by atoms with Crippen LogP contribution in [0, 0.1) is 6.92 Å². The number of hydrogen-bond donors (Lipinski definition) is 1. The van der Waals surface area contributed by atoms with E-state index >= 15 is 0 Å². The maximum Gasteiger partial charge on any atom is 0.260 e. The Bertz CT molecular complexity index is 607. The van der Waals surface area contributed by atoms with Crippen molar-refractivity contribution in [2.24, 2.45) is 0 Å². The highest BCUT2D eigenvalue weighted by molar-refractivity contribution is 6.37. The van der Waals surface area contributed by atoms with E-state index in [1.807, 2.05) is 6.92 Å². The number of amides is 1. The lowest BCUT2D eigenvalue weighted by molar-refractivity contribution is 0.102. The van der Waals surface area contributed by atoms with Crippen molar-refractivity contribution in [2.45, 2.75) is 6.92 Å². The molecule has 0 radical (unpaired) electrons. The number of rotatable bonds is 2. The first-order chi connectivity index (χ1) is 8.49. The average Bonchev–Trinajstić information content (AvgIpc) is 2.72. The Kier molecular flexibility index (Phi) is 3.85. The molecule has 2 rings (SSSR count). The first-order valence-electron chi connectivity index (χ1n) is 4.99. The molecule has 0 saturated carbocycles. The molecule has 2 aromatic rings. The van der Waals surface area contributed by atoms with E-state index in [-0.39, 0.29) is 10.8 Å². The Morgan fingerprint density at radius 2 is 1.94 bits per heavy atom. The van der Waals surface area contributed by atoms with Crippen molar-refractivity contribution < 1.29 is 9.21 Å². The number of halogens is 3. The van der Waals surface area contributed by atoms with Gasteiger partial charge in [0.05, 0.1) is 22.5 Å². The molecule has 0 bridgehead atoms. The highest BCUT2D eigenvalue weighted by Crippen LogP contribution is 2.29. The van der Waals surface area contributed by atoms with Crippen molar-refractivity contribution in [1.29, 1.82) is 0 Å². The van der Waals surface area contributed by atoms with Crippen LogP contribution in [-0.4, -0.2) is 5.91 Å². The van der Waals surface area contributed by atoms with E-state index < -0.39 is 5.91 Å². The maximum atomic E-state index is 11.9. The largest absolute Gasteiger partial charge is 0.452 e. The number of nitrogens with one attached hydrogen (secondary N) is 1. The van der Waals surface area contributed by atoms with E-state index in [9.17, 15) is 4.79 Å². The summed E-state index contributed by atoms with van der Waals surface area (Å²) in [4.78, 5) is 11.9. The van der Waals surface area contributed by atoms with Crippen molar-refractivity contribution in [2.75, 3.05) is 5.32 Å². The van der Waals surface area contributed by atoms with Crippen LogP contribution < -0.4 is 5.32 Å². The summed E-state index contributed by atoms with van der Waals surface area (Å²) in [6, 6.07) is 4.74. The predicted octanol–water partition coefficient (Wildman–Crippen LogP) is 4.80. The molecule has 1 N–H and O–H groups in total. The van der Waals surface area contributed by atoms with Gasteiger partial charge in [-0.1, -0.05) is 23.2 Å². The lowest BCUT2D eigenvalue weighted by Gasteiger charge is -2.08. The average molecular weight is 305 g/mol. The molecule has 0 unspecified atom stereocenters. The van der Waals surface area contributed by atoms with E-state index in [0.717, 1.165) is 5.56 Å². The van der Waals surface area contributed by atoms with E-state index in [2.05, 4.69) is 5.32 Å². The zero-order chi connectivity index (χ0) is 13.3. The molecule has 0 spiro atoms. The Balaban J connectivity index is 2.28. The van der Waals surface area contributed by atoms with Crippen LogP contribution in [0.3, 0.4) is 0 Å². The minimum absolute atomic E-state index is 0.0295.